The molecular weight excluding hydrogens is 172 g/mol. The van der Waals surface area contributed by atoms with E-state index in [4.69, 9.17) is 0 Å². The highest BCUT2D eigenvalue weighted by molar-refractivity contribution is 5.52. The third kappa shape index (κ3) is 2.44. The minimum absolute atomic E-state index is 0.369. The standard InChI is InChI=1S/C13H18O/c1-10(2)12(8-9-14)13-7-5-4-6-11(13)3/h4-7,9-10,12H,8H2,1-3H3. The molecule has 0 spiro atoms. The minimum Gasteiger partial charge on any atom is -0.303 e. The summed E-state index contributed by atoms with van der Waals surface area (Å²) in [5.41, 5.74) is 2.60. The van der Waals surface area contributed by atoms with Crippen molar-refractivity contribution < 1.29 is 4.79 Å². The maximum Gasteiger partial charge on any atom is 0.120 e. The average molecular weight is 190 g/mol. The van der Waals surface area contributed by atoms with Crippen molar-refractivity contribution in [2.45, 2.75) is 33.1 Å². The summed E-state index contributed by atoms with van der Waals surface area (Å²) >= 11 is 0. The normalized spacial score (nSPS) is 12.9. The molecule has 1 heteroatoms. The number of rotatable bonds is 4. The lowest BCUT2D eigenvalue weighted by atomic mass is 9.84. The zero-order valence-electron chi connectivity index (χ0n) is 9.16. The van der Waals surface area contributed by atoms with Crippen LogP contribution in [0.5, 0.6) is 0 Å². The molecule has 1 aromatic rings. The van der Waals surface area contributed by atoms with Gasteiger partial charge < -0.3 is 4.79 Å². The molecule has 14 heavy (non-hydrogen) atoms. The molecule has 0 aliphatic heterocycles. The Morgan fingerprint density at radius 3 is 2.43 bits per heavy atom. The third-order valence-corrected chi connectivity index (χ3v) is 2.74. The van der Waals surface area contributed by atoms with Gasteiger partial charge in [0.15, 0.2) is 0 Å². The van der Waals surface area contributed by atoms with Gasteiger partial charge in [0.05, 0.1) is 0 Å². The van der Waals surface area contributed by atoms with E-state index in [9.17, 15) is 4.79 Å². The summed E-state index contributed by atoms with van der Waals surface area (Å²) in [4.78, 5) is 10.6. The summed E-state index contributed by atoms with van der Waals surface area (Å²) in [6.07, 6.45) is 1.65. The van der Waals surface area contributed by atoms with E-state index in [1.54, 1.807) is 0 Å². The molecule has 0 saturated heterocycles. The highest BCUT2D eigenvalue weighted by Crippen LogP contribution is 2.29. The van der Waals surface area contributed by atoms with Crippen LogP contribution in [0, 0.1) is 12.8 Å². The van der Waals surface area contributed by atoms with Crippen molar-refractivity contribution in [3.8, 4) is 0 Å². The van der Waals surface area contributed by atoms with Gasteiger partial charge in [0.25, 0.3) is 0 Å². The van der Waals surface area contributed by atoms with Gasteiger partial charge in [0.2, 0.25) is 0 Å². The van der Waals surface area contributed by atoms with Gasteiger partial charge in [-0.25, -0.2) is 0 Å². The lowest BCUT2D eigenvalue weighted by Gasteiger charge is -2.20. The van der Waals surface area contributed by atoms with Gasteiger partial charge in [-0.05, 0) is 29.9 Å². The highest BCUT2D eigenvalue weighted by atomic mass is 16.1. The van der Waals surface area contributed by atoms with E-state index in [1.165, 1.54) is 11.1 Å². The molecular formula is C13H18O. The first kappa shape index (κ1) is 11.0. The van der Waals surface area contributed by atoms with Gasteiger partial charge in [-0.1, -0.05) is 38.1 Å². The van der Waals surface area contributed by atoms with Crippen molar-refractivity contribution >= 4 is 6.29 Å². The smallest absolute Gasteiger partial charge is 0.120 e. The Morgan fingerprint density at radius 2 is 1.93 bits per heavy atom. The summed E-state index contributed by atoms with van der Waals surface area (Å²) in [6, 6.07) is 8.32. The zero-order chi connectivity index (χ0) is 10.6. The molecule has 0 N–H and O–H groups in total. The minimum atomic E-state index is 0.369. The van der Waals surface area contributed by atoms with E-state index in [2.05, 4.69) is 32.9 Å². The maximum absolute atomic E-state index is 10.6. The Morgan fingerprint density at radius 1 is 1.29 bits per heavy atom. The van der Waals surface area contributed by atoms with Crippen LogP contribution in [0.1, 0.15) is 37.3 Å². The van der Waals surface area contributed by atoms with Crippen molar-refractivity contribution in [1.82, 2.24) is 0 Å². The van der Waals surface area contributed by atoms with E-state index in [1.807, 2.05) is 12.1 Å². The van der Waals surface area contributed by atoms with Gasteiger partial charge in [-0.2, -0.15) is 0 Å². The van der Waals surface area contributed by atoms with Crippen LogP contribution in [0.4, 0.5) is 0 Å². The molecule has 76 valence electrons. The van der Waals surface area contributed by atoms with Crippen LogP contribution in [-0.2, 0) is 4.79 Å². The van der Waals surface area contributed by atoms with Crippen molar-refractivity contribution in [2.24, 2.45) is 5.92 Å². The quantitative estimate of drug-likeness (QED) is 0.666. The first-order chi connectivity index (χ1) is 6.66. The van der Waals surface area contributed by atoms with Crippen LogP contribution in [0.25, 0.3) is 0 Å². The molecule has 0 radical (unpaired) electrons. The first-order valence-electron chi connectivity index (χ1n) is 5.16. The number of benzene rings is 1. The second kappa shape index (κ2) is 4.94. The van der Waals surface area contributed by atoms with Crippen LogP contribution < -0.4 is 0 Å². The van der Waals surface area contributed by atoms with E-state index in [0.717, 1.165) is 6.29 Å². The number of hydrogen-bond donors (Lipinski definition) is 0. The first-order valence-corrected chi connectivity index (χ1v) is 5.16. The molecule has 0 aliphatic carbocycles. The summed E-state index contributed by atoms with van der Waals surface area (Å²) < 4.78 is 0. The van der Waals surface area contributed by atoms with Crippen molar-refractivity contribution in [2.75, 3.05) is 0 Å². The Balaban J connectivity index is 2.98. The maximum atomic E-state index is 10.6. The fourth-order valence-corrected chi connectivity index (χ4v) is 1.86. The molecule has 0 bridgehead atoms. The number of carbonyl (C=O) groups excluding carboxylic acids is 1. The Hall–Kier alpha value is -1.11. The van der Waals surface area contributed by atoms with Crippen LogP contribution in [0.15, 0.2) is 24.3 Å². The molecule has 0 aromatic heterocycles. The number of hydrogen-bond acceptors (Lipinski definition) is 1. The Labute approximate surface area is 86.1 Å². The van der Waals surface area contributed by atoms with Crippen LogP contribution in [0.2, 0.25) is 0 Å². The van der Waals surface area contributed by atoms with E-state index < -0.39 is 0 Å². The molecule has 0 amide bonds. The summed E-state index contributed by atoms with van der Waals surface area (Å²) in [5, 5.41) is 0. The fourth-order valence-electron chi connectivity index (χ4n) is 1.86. The fraction of sp³-hybridized carbons (Fsp3) is 0.462. The lowest BCUT2D eigenvalue weighted by Crippen LogP contribution is -2.08. The molecule has 0 fully saturated rings. The third-order valence-electron chi connectivity index (χ3n) is 2.74. The van der Waals surface area contributed by atoms with Gasteiger partial charge >= 0.3 is 0 Å². The predicted octanol–water partition coefficient (Wildman–Crippen LogP) is 3.32. The van der Waals surface area contributed by atoms with Crippen LogP contribution in [0.3, 0.4) is 0 Å². The molecule has 0 heterocycles. The Bertz CT molecular complexity index is 302. The Kier molecular flexibility index (Phi) is 3.87. The van der Waals surface area contributed by atoms with Crippen LogP contribution >= 0.6 is 0 Å². The monoisotopic (exact) mass is 190 g/mol. The predicted molar refractivity (Wildman–Crippen MR) is 59.4 cm³/mol. The molecule has 1 nitrogen and oxygen atoms in total. The van der Waals surface area contributed by atoms with Gasteiger partial charge in [0.1, 0.15) is 6.29 Å². The second-order valence-electron chi connectivity index (χ2n) is 4.11. The number of aryl methyl sites for hydroxylation is 1. The average Bonchev–Trinajstić information content (AvgIpc) is 2.15. The largest absolute Gasteiger partial charge is 0.303 e. The van der Waals surface area contributed by atoms with E-state index in [0.29, 0.717) is 18.3 Å². The van der Waals surface area contributed by atoms with Crippen molar-refractivity contribution in [1.29, 1.82) is 0 Å². The molecule has 1 unspecified atom stereocenters. The molecule has 0 saturated carbocycles. The van der Waals surface area contributed by atoms with E-state index >= 15 is 0 Å². The van der Waals surface area contributed by atoms with Gasteiger partial charge in [-0.15, -0.1) is 0 Å². The summed E-state index contributed by atoms with van der Waals surface area (Å²) in [6.45, 7) is 6.44. The topological polar surface area (TPSA) is 17.1 Å². The molecule has 1 aromatic carbocycles. The SMILES string of the molecule is Cc1ccccc1C(CC=O)C(C)C. The van der Waals surface area contributed by atoms with Crippen LogP contribution in [-0.4, -0.2) is 6.29 Å². The summed E-state index contributed by atoms with van der Waals surface area (Å²) in [5.74, 6) is 0.884. The van der Waals surface area contributed by atoms with Gasteiger partial charge in [0, 0.05) is 6.42 Å². The number of aldehydes is 1. The van der Waals surface area contributed by atoms with Crippen molar-refractivity contribution in [3.05, 3.63) is 35.4 Å². The molecule has 1 rings (SSSR count). The highest BCUT2D eigenvalue weighted by Gasteiger charge is 2.16. The van der Waals surface area contributed by atoms with Gasteiger partial charge in [-0.3, -0.25) is 0 Å². The van der Waals surface area contributed by atoms with E-state index in [-0.39, 0.29) is 0 Å². The zero-order valence-corrected chi connectivity index (χ0v) is 9.16. The number of carbonyl (C=O) groups is 1. The second-order valence-corrected chi connectivity index (χ2v) is 4.11. The van der Waals surface area contributed by atoms with Crippen molar-refractivity contribution in [3.63, 3.8) is 0 Å². The molecule has 0 aliphatic rings. The molecule has 1 atom stereocenters. The summed E-state index contributed by atoms with van der Waals surface area (Å²) in [7, 11) is 0. The lowest BCUT2D eigenvalue weighted by molar-refractivity contribution is -0.108.